The first-order valence-electron chi connectivity index (χ1n) is 7.61. The Balaban J connectivity index is 6.93. The predicted molar refractivity (Wildman–Crippen MR) is 71.5 cm³/mol. The number of rotatable bonds is 10. The summed E-state index contributed by atoms with van der Waals surface area (Å²) in [5.41, 5.74) is -1.99. The van der Waals surface area contributed by atoms with Crippen molar-refractivity contribution in [3.63, 3.8) is 0 Å². The Morgan fingerprint density at radius 2 is 0.909 bits per heavy atom. The van der Waals surface area contributed by atoms with Crippen LogP contribution in [0, 0.1) is 0 Å². The smallest absolute Gasteiger partial charge is 0.385 e. The van der Waals surface area contributed by atoms with Gasteiger partial charge in [0.25, 0.3) is 0 Å². The Labute approximate surface area is 171 Å². The van der Waals surface area contributed by atoms with Gasteiger partial charge in [-0.1, -0.05) is 0 Å². The molecule has 2 nitrogen and oxygen atoms in total. The highest BCUT2D eigenvalue weighted by Crippen LogP contribution is 2.64. The molecule has 0 aliphatic heterocycles. The molecule has 0 aromatic carbocycles. The second kappa shape index (κ2) is 8.06. The zero-order valence-electron chi connectivity index (χ0n) is 15.4. The van der Waals surface area contributed by atoms with Crippen LogP contribution in [-0.2, 0) is 4.79 Å². The third-order valence-electron chi connectivity index (χ3n) is 4.04. The highest BCUT2D eigenvalue weighted by Gasteiger charge is 2.95. The van der Waals surface area contributed by atoms with Gasteiger partial charge in [-0.05, 0) is 13.8 Å². The van der Waals surface area contributed by atoms with Crippen LogP contribution in [0.1, 0.15) is 13.8 Å². The molecule has 0 rings (SSSR count). The van der Waals surface area contributed by atoms with Crippen molar-refractivity contribution in [2.45, 2.75) is 67.4 Å². The number of carbonyl (C=O) groups is 1. The lowest BCUT2D eigenvalue weighted by Gasteiger charge is -2.43. The minimum absolute atomic E-state index is 0.0217. The molecule has 19 heteroatoms. The van der Waals surface area contributed by atoms with E-state index in [0.29, 0.717) is 0 Å². The number of carboxylic acids is 1. The van der Waals surface area contributed by atoms with E-state index in [-0.39, 0.29) is 6.92 Å². The van der Waals surface area contributed by atoms with Crippen LogP contribution in [0.3, 0.4) is 0 Å². The minimum atomic E-state index is -8.66. The number of halogens is 17. The van der Waals surface area contributed by atoms with Crippen LogP contribution in [0.4, 0.5) is 74.6 Å². The molecule has 1 unspecified atom stereocenters. The minimum Gasteiger partial charge on any atom is -0.478 e. The highest BCUT2D eigenvalue weighted by molar-refractivity contribution is 5.86. The molecule has 196 valence electrons. The quantitative estimate of drug-likeness (QED) is 0.259. The number of allylic oxidation sites excluding steroid dienone is 1. The van der Waals surface area contributed by atoms with E-state index in [4.69, 9.17) is 5.11 Å². The van der Waals surface area contributed by atoms with Gasteiger partial charge in [-0.2, -0.15) is 70.2 Å². The predicted octanol–water partition coefficient (Wildman–Crippen LogP) is 6.46. The topological polar surface area (TPSA) is 37.3 Å². The monoisotopic (exact) mass is 532 g/mol. The summed E-state index contributed by atoms with van der Waals surface area (Å²) in [7, 11) is 0. The van der Waals surface area contributed by atoms with Gasteiger partial charge in [-0.25, -0.2) is 9.18 Å². The van der Waals surface area contributed by atoms with Crippen molar-refractivity contribution in [2.75, 3.05) is 0 Å². The van der Waals surface area contributed by atoms with Crippen LogP contribution in [0.5, 0.6) is 0 Å². The number of hydrogen-bond acceptors (Lipinski definition) is 1. The van der Waals surface area contributed by atoms with Crippen LogP contribution in [-0.4, -0.2) is 64.6 Å². The standard InChI is InChI=1S/C14H9F17O2/c1-4(6(32)33)3-7(16,17)9(20,21)11(24,25)13(28,29)14(30,31)12(26,27)10(22,23)8(18,19)5(2)15/h3,5H,1-2H3,(H,32,33)/b4-3+. The molecule has 0 radical (unpaired) electrons. The number of alkyl halides is 17. The van der Waals surface area contributed by atoms with Crippen molar-refractivity contribution in [3.05, 3.63) is 11.6 Å². The molecule has 0 aromatic heterocycles. The third-order valence-corrected chi connectivity index (χ3v) is 4.04. The molecule has 0 saturated heterocycles. The van der Waals surface area contributed by atoms with Crippen LogP contribution in [0.15, 0.2) is 11.6 Å². The van der Waals surface area contributed by atoms with Gasteiger partial charge in [0, 0.05) is 11.6 Å². The zero-order chi connectivity index (χ0) is 27.4. The van der Waals surface area contributed by atoms with Gasteiger partial charge in [0.05, 0.1) is 0 Å². The molecule has 0 heterocycles. The summed E-state index contributed by atoms with van der Waals surface area (Å²) in [5, 5.41) is 8.23. The van der Waals surface area contributed by atoms with Gasteiger partial charge >= 0.3 is 53.3 Å². The molecule has 0 saturated carbocycles. The van der Waals surface area contributed by atoms with E-state index in [1.807, 2.05) is 0 Å². The van der Waals surface area contributed by atoms with Gasteiger partial charge in [0.2, 0.25) is 0 Å². The van der Waals surface area contributed by atoms with Crippen molar-refractivity contribution in [1.82, 2.24) is 0 Å². The lowest BCUT2D eigenvalue weighted by molar-refractivity contribution is -0.452. The third kappa shape index (κ3) is 4.08. The number of carboxylic acid groups (broad SMARTS) is 1. The molecule has 0 bridgehead atoms. The second-order valence-corrected chi connectivity index (χ2v) is 6.44. The Kier molecular flexibility index (Phi) is 7.57. The van der Waals surface area contributed by atoms with E-state index in [1.165, 1.54) is 0 Å². The first-order valence-corrected chi connectivity index (χ1v) is 7.61. The van der Waals surface area contributed by atoms with Crippen molar-refractivity contribution >= 4 is 5.97 Å². The Hall–Kier alpha value is -1.98. The fraction of sp³-hybridized carbons (Fsp3) is 0.786. The summed E-state index contributed by atoms with van der Waals surface area (Å²) in [6, 6.07) is 0. The first-order chi connectivity index (χ1) is 14.0. The Bertz CT molecular complexity index is 781. The molecule has 0 aliphatic carbocycles. The Morgan fingerprint density at radius 3 is 1.18 bits per heavy atom. The van der Waals surface area contributed by atoms with Gasteiger partial charge in [0.1, 0.15) is 0 Å². The summed E-state index contributed by atoms with van der Waals surface area (Å²) in [5.74, 6) is -66.5. The SMILES string of the molecule is C/C(=C\C(F)(F)C(F)(F)C(F)(F)C(F)(F)C(F)(F)C(F)(F)C(F)(F)C(F)(F)C(C)F)C(=O)O. The average Bonchev–Trinajstić information content (AvgIpc) is 2.59. The molecular weight excluding hydrogens is 523 g/mol. The van der Waals surface area contributed by atoms with Crippen LogP contribution in [0.25, 0.3) is 0 Å². The molecule has 0 fully saturated rings. The van der Waals surface area contributed by atoms with Gasteiger partial charge in [0.15, 0.2) is 6.17 Å². The average molecular weight is 532 g/mol. The first kappa shape index (κ1) is 31.0. The second-order valence-electron chi connectivity index (χ2n) is 6.44. The summed E-state index contributed by atoms with van der Waals surface area (Å²) >= 11 is 0. The van der Waals surface area contributed by atoms with E-state index >= 15 is 0 Å². The van der Waals surface area contributed by atoms with E-state index in [1.54, 1.807) is 0 Å². The summed E-state index contributed by atoms with van der Waals surface area (Å²) < 4.78 is 226. The fourth-order valence-electron chi connectivity index (χ4n) is 1.88. The van der Waals surface area contributed by atoms with Crippen LogP contribution in [0.2, 0.25) is 0 Å². The molecular formula is C14H9F17O2. The maximum atomic E-state index is 13.5. The largest absolute Gasteiger partial charge is 0.478 e. The van der Waals surface area contributed by atoms with E-state index in [2.05, 4.69) is 0 Å². The van der Waals surface area contributed by atoms with Crippen molar-refractivity contribution in [2.24, 2.45) is 0 Å². The normalized spacial score (nSPS) is 17.2. The molecule has 0 amide bonds. The lowest BCUT2D eigenvalue weighted by atomic mass is 9.86. The fourth-order valence-corrected chi connectivity index (χ4v) is 1.88. The number of aliphatic carboxylic acids is 1. The highest BCUT2D eigenvalue weighted by atomic mass is 19.4. The van der Waals surface area contributed by atoms with Crippen molar-refractivity contribution in [1.29, 1.82) is 0 Å². The van der Waals surface area contributed by atoms with Gasteiger partial charge in [-0.3, -0.25) is 0 Å². The van der Waals surface area contributed by atoms with E-state index in [9.17, 15) is 79.4 Å². The molecule has 1 atom stereocenters. The van der Waals surface area contributed by atoms with Gasteiger partial charge < -0.3 is 5.11 Å². The van der Waals surface area contributed by atoms with E-state index in [0.717, 1.165) is 0 Å². The molecule has 33 heavy (non-hydrogen) atoms. The summed E-state index contributed by atoms with van der Waals surface area (Å²) in [4.78, 5) is 10.3. The summed E-state index contributed by atoms with van der Waals surface area (Å²) in [6.45, 7) is -0.702. The molecule has 0 aromatic rings. The Morgan fingerprint density at radius 1 is 0.636 bits per heavy atom. The van der Waals surface area contributed by atoms with Gasteiger partial charge in [-0.15, -0.1) is 0 Å². The zero-order valence-corrected chi connectivity index (χ0v) is 15.4. The van der Waals surface area contributed by atoms with Crippen LogP contribution >= 0.6 is 0 Å². The molecule has 0 aliphatic rings. The molecule has 1 N–H and O–H groups in total. The van der Waals surface area contributed by atoms with Crippen molar-refractivity contribution in [3.8, 4) is 0 Å². The van der Waals surface area contributed by atoms with Crippen LogP contribution < -0.4 is 0 Å². The van der Waals surface area contributed by atoms with Crippen molar-refractivity contribution < 1.29 is 84.5 Å². The molecule has 0 spiro atoms. The lowest BCUT2D eigenvalue weighted by Crippen LogP contribution is -2.75. The number of hydrogen-bond donors (Lipinski definition) is 1. The maximum absolute atomic E-state index is 13.5. The maximum Gasteiger partial charge on any atom is 0.385 e. The summed E-state index contributed by atoms with van der Waals surface area (Å²) in [6.07, 6.45) is -6.21. The van der Waals surface area contributed by atoms with E-state index < -0.39 is 78.1 Å².